The molecular formula is C20H23N5O2S. The van der Waals surface area contributed by atoms with Gasteiger partial charge in [-0.25, -0.2) is 0 Å². The minimum Gasteiger partial charge on any atom is -0.383 e. The maximum absolute atomic E-state index is 13.3. The van der Waals surface area contributed by atoms with Crippen LogP contribution in [0.1, 0.15) is 42.6 Å². The summed E-state index contributed by atoms with van der Waals surface area (Å²) in [5.41, 5.74) is 1.47. The van der Waals surface area contributed by atoms with Gasteiger partial charge in [-0.3, -0.25) is 19.9 Å². The lowest BCUT2D eigenvalue weighted by atomic mass is 9.82. The largest absolute Gasteiger partial charge is 0.383 e. The SMILES string of the molecule is Cc1nccnc1C1(O)CC2CCC(C1)N2C(=O)C1C=C(c2cn[nH]c2)SC1. The van der Waals surface area contributed by atoms with E-state index in [1.165, 1.54) is 0 Å². The Morgan fingerprint density at radius 2 is 2.04 bits per heavy atom. The number of fused-ring (bicyclic) bond motifs is 2. The molecule has 3 aliphatic heterocycles. The van der Waals surface area contributed by atoms with Crippen molar-refractivity contribution in [3.63, 3.8) is 0 Å². The van der Waals surface area contributed by atoms with Gasteiger partial charge >= 0.3 is 0 Å². The van der Waals surface area contributed by atoms with Crippen LogP contribution in [0.25, 0.3) is 4.91 Å². The average Bonchev–Trinajstić information content (AvgIpc) is 3.41. The summed E-state index contributed by atoms with van der Waals surface area (Å²) in [6.07, 6.45) is 12.0. The lowest BCUT2D eigenvalue weighted by molar-refractivity contribution is -0.144. The van der Waals surface area contributed by atoms with Crippen LogP contribution in [0.2, 0.25) is 0 Å². The van der Waals surface area contributed by atoms with Crippen LogP contribution in [0.5, 0.6) is 0 Å². The second-order valence-electron chi connectivity index (χ2n) is 8.00. The zero-order chi connectivity index (χ0) is 19.3. The zero-order valence-electron chi connectivity index (χ0n) is 15.7. The molecule has 2 bridgehead atoms. The maximum atomic E-state index is 13.3. The monoisotopic (exact) mass is 397 g/mol. The van der Waals surface area contributed by atoms with E-state index in [0.717, 1.165) is 34.8 Å². The van der Waals surface area contributed by atoms with Crippen molar-refractivity contribution in [1.82, 2.24) is 25.1 Å². The van der Waals surface area contributed by atoms with E-state index in [4.69, 9.17) is 0 Å². The number of hydrogen-bond acceptors (Lipinski definition) is 6. The van der Waals surface area contributed by atoms with Crippen molar-refractivity contribution < 1.29 is 9.90 Å². The van der Waals surface area contributed by atoms with E-state index in [9.17, 15) is 9.90 Å². The molecule has 3 atom stereocenters. The Kier molecular flexibility index (Phi) is 4.28. The van der Waals surface area contributed by atoms with Crippen LogP contribution >= 0.6 is 11.8 Å². The molecule has 0 aliphatic carbocycles. The molecule has 146 valence electrons. The zero-order valence-corrected chi connectivity index (χ0v) is 16.5. The summed E-state index contributed by atoms with van der Waals surface area (Å²) < 4.78 is 0. The van der Waals surface area contributed by atoms with Crippen LogP contribution in [-0.2, 0) is 10.4 Å². The Balaban J connectivity index is 1.36. The Labute approximate surface area is 167 Å². The first-order chi connectivity index (χ1) is 13.5. The van der Waals surface area contributed by atoms with Crippen LogP contribution in [0.4, 0.5) is 0 Å². The van der Waals surface area contributed by atoms with Gasteiger partial charge in [0.2, 0.25) is 5.91 Å². The molecule has 7 nitrogen and oxygen atoms in total. The summed E-state index contributed by atoms with van der Waals surface area (Å²) in [4.78, 5) is 25.2. The van der Waals surface area contributed by atoms with Gasteiger partial charge in [-0.15, -0.1) is 11.8 Å². The third-order valence-electron chi connectivity index (χ3n) is 6.21. The Morgan fingerprint density at radius 3 is 2.71 bits per heavy atom. The third kappa shape index (κ3) is 2.86. The van der Waals surface area contributed by atoms with Gasteiger partial charge in [-0.1, -0.05) is 6.08 Å². The number of nitrogens with zero attached hydrogens (tertiary/aromatic N) is 4. The normalized spacial score (nSPS) is 31.9. The van der Waals surface area contributed by atoms with E-state index in [0.29, 0.717) is 18.5 Å². The molecule has 0 spiro atoms. The number of aliphatic hydroxyl groups is 1. The predicted octanol–water partition coefficient (Wildman–Crippen LogP) is 2.25. The summed E-state index contributed by atoms with van der Waals surface area (Å²) in [7, 11) is 0. The van der Waals surface area contributed by atoms with E-state index < -0.39 is 5.60 Å². The number of H-pyrrole nitrogens is 1. The molecule has 2 saturated heterocycles. The van der Waals surface area contributed by atoms with Gasteiger partial charge in [0.1, 0.15) is 5.60 Å². The van der Waals surface area contributed by atoms with Crippen molar-refractivity contribution >= 4 is 22.6 Å². The number of rotatable bonds is 3. The first-order valence-electron chi connectivity index (χ1n) is 9.71. The van der Waals surface area contributed by atoms with E-state index in [1.807, 2.05) is 13.1 Å². The average molecular weight is 398 g/mol. The minimum absolute atomic E-state index is 0.0639. The number of amides is 1. The number of hydrogen-bond donors (Lipinski definition) is 2. The van der Waals surface area contributed by atoms with Gasteiger partial charge in [0.25, 0.3) is 0 Å². The van der Waals surface area contributed by atoms with Gasteiger partial charge in [0.05, 0.1) is 23.5 Å². The molecule has 5 heterocycles. The van der Waals surface area contributed by atoms with Gasteiger partial charge in [-0.2, -0.15) is 5.10 Å². The van der Waals surface area contributed by atoms with E-state index >= 15 is 0 Å². The van der Waals surface area contributed by atoms with Crippen molar-refractivity contribution in [2.24, 2.45) is 5.92 Å². The highest BCUT2D eigenvalue weighted by atomic mass is 32.2. The van der Waals surface area contributed by atoms with Crippen molar-refractivity contribution in [2.75, 3.05) is 5.75 Å². The number of piperidine rings is 1. The van der Waals surface area contributed by atoms with Gasteiger partial charge in [0.15, 0.2) is 0 Å². The van der Waals surface area contributed by atoms with E-state index in [2.05, 4.69) is 31.1 Å². The quantitative estimate of drug-likeness (QED) is 0.825. The Morgan fingerprint density at radius 1 is 1.29 bits per heavy atom. The first-order valence-corrected chi connectivity index (χ1v) is 10.7. The second-order valence-corrected chi connectivity index (χ2v) is 9.06. The molecule has 3 unspecified atom stereocenters. The van der Waals surface area contributed by atoms with Crippen molar-refractivity contribution in [2.45, 2.75) is 50.3 Å². The summed E-state index contributed by atoms with van der Waals surface area (Å²) in [5.74, 6) is 0.849. The smallest absolute Gasteiger partial charge is 0.230 e. The molecule has 2 fully saturated rings. The molecule has 0 radical (unpaired) electrons. The fourth-order valence-corrected chi connectivity index (χ4v) is 6.14. The van der Waals surface area contributed by atoms with Crippen molar-refractivity contribution in [3.05, 3.63) is 47.8 Å². The fraction of sp³-hybridized carbons (Fsp3) is 0.500. The highest BCUT2D eigenvalue weighted by Gasteiger charge is 2.52. The summed E-state index contributed by atoms with van der Waals surface area (Å²) >= 11 is 1.71. The third-order valence-corrected chi connectivity index (χ3v) is 7.42. The van der Waals surface area contributed by atoms with Gasteiger partial charge in [0, 0.05) is 59.7 Å². The number of aromatic nitrogens is 4. The standard InChI is InChI=1S/C20H23N5O2S/c1-12-18(22-5-4-21-12)20(27)7-15-2-3-16(8-20)25(15)19(26)13-6-17(28-11-13)14-9-23-24-10-14/h4-6,9-10,13,15-16,27H,2-3,7-8,11H2,1H3,(H,23,24). The Hall–Kier alpha value is -2.19. The van der Waals surface area contributed by atoms with Crippen LogP contribution < -0.4 is 0 Å². The predicted molar refractivity (Wildman–Crippen MR) is 106 cm³/mol. The van der Waals surface area contributed by atoms with Gasteiger partial charge < -0.3 is 10.0 Å². The number of nitrogens with one attached hydrogen (secondary N) is 1. The number of thioether (sulfide) groups is 1. The number of carbonyl (C=O) groups excluding carboxylic acids is 1. The summed E-state index contributed by atoms with van der Waals surface area (Å²) in [6.45, 7) is 1.89. The summed E-state index contributed by atoms with van der Waals surface area (Å²) in [5, 5.41) is 18.2. The lowest BCUT2D eigenvalue weighted by Crippen LogP contribution is -2.53. The number of aryl methyl sites for hydroxylation is 1. The lowest BCUT2D eigenvalue weighted by Gasteiger charge is -2.44. The summed E-state index contributed by atoms with van der Waals surface area (Å²) in [6, 6.07) is 0.128. The molecular weight excluding hydrogens is 374 g/mol. The molecule has 28 heavy (non-hydrogen) atoms. The molecule has 2 N–H and O–H groups in total. The first kappa shape index (κ1) is 17.9. The number of aromatic amines is 1. The van der Waals surface area contributed by atoms with Crippen molar-refractivity contribution in [1.29, 1.82) is 0 Å². The molecule has 8 heteroatoms. The molecule has 1 amide bonds. The molecule has 0 aromatic carbocycles. The Bertz CT molecular complexity index is 914. The van der Waals surface area contributed by atoms with Crippen LogP contribution in [0.3, 0.4) is 0 Å². The molecule has 0 saturated carbocycles. The van der Waals surface area contributed by atoms with E-state index in [1.54, 1.807) is 30.4 Å². The van der Waals surface area contributed by atoms with Gasteiger partial charge in [-0.05, 0) is 19.8 Å². The fourth-order valence-electron chi connectivity index (χ4n) is 5.00. The molecule has 2 aromatic rings. The van der Waals surface area contributed by atoms with Crippen molar-refractivity contribution in [3.8, 4) is 0 Å². The number of carbonyl (C=O) groups is 1. The molecule has 2 aromatic heterocycles. The van der Waals surface area contributed by atoms with Crippen LogP contribution in [0, 0.1) is 12.8 Å². The topological polar surface area (TPSA) is 95.0 Å². The van der Waals surface area contributed by atoms with Crippen LogP contribution in [-0.4, -0.2) is 53.9 Å². The maximum Gasteiger partial charge on any atom is 0.230 e. The van der Waals surface area contributed by atoms with Crippen LogP contribution in [0.15, 0.2) is 30.9 Å². The second kappa shape index (κ2) is 6.70. The van der Waals surface area contributed by atoms with E-state index in [-0.39, 0.29) is 23.9 Å². The molecule has 3 aliphatic rings. The minimum atomic E-state index is -0.997. The molecule has 5 rings (SSSR count). The highest BCUT2D eigenvalue weighted by Crippen LogP contribution is 2.47. The highest BCUT2D eigenvalue weighted by molar-refractivity contribution is 8.08.